The molecule has 2 N–H and O–H groups in total. The van der Waals surface area contributed by atoms with Crippen LogP contribution in [0, 0.1) is 0 Å². The highest BCUT2D eigenvalue weighted by molar-refractivity contribution is 5.92. The fourth-order valence-electron chi connectivity index (χ4n) is 3.06. The lowest BCUT2D eigenvalue weighted by Gasteiger charge is -2.15. The van der Waals surface area contributed by atoms with E-state index in [9.17, 15) is 9.59 Å². The lowest BCUT2D eigenvalue weighted by Crippen LogP contribution is -2.41. The van der Waals surface area contributed by atoms with Gasteiger partial charge in [-0.15, -0.1) is 0 Å². The van der Waals surface area contributed by atoms with Crippen LogP contribution in [0.15, 0.2) is 45.3 Å². The third-order valence-electron chi connectivity index (χ3n) is 4.93. The standard InChI is InChI=1S/C23H29N5O5/c1-4-28(5-2)15-18-11-12-19(32-18)23(30)26-25-20(29)13-14-21-24-22(27-33-21)16-7-9-17(10-8-16)31-6-3/h7-12H,4-6,13-15H2,1-3H3,(H,25,29)(H,26,30). The summed E-state index contributed by atoms with van der Waals surface area (Å²) in [4.78, 5) is 30.8. The van der Waals surface area contributed by atoms with E-state index < -0.39 is 5.91 Å². The van der Waals surface area contributed by atoms with Gasteiger partial charge >= 0.3 is 5.91 Å². The smallest absolute Gasteiger partial charge is 0.305 e. The van der Waals surface area contributed by atoms with E-state index >= 15 is 0 Å². The molecule has 0 aliphatic rings. The minimum atomic E-state index is -0.523. The van der Waals surface area contributed by atoms with Crippen LogP contribution in [0.4, 0.5) is 0 Å². The van der Waals surface area contributed by atoms with Crippen LogP contribution in [-0.2, 0) is 17.8 Å². The van der Waals surface area contributed by atoms with Gasteiger partial charge in [0.2, 0.25) is 17.6 Å². The summed E-state index contributed by atoms with van der Waals surface area (Å²) in [7, 11) is 0. The van der Waals surface area contributed by atoms with Gasteiger partial charge in [0.05, 0.1) is 13.2 Å². The van der Waals surface area contributed by atoms with Crippen molar-refractivity contribution in [3.63, 3.8) is 0 Å². The van der Waals surface area contributed by atoms with Gasteiger partial charge in [-0.1, -0.05) is 19.0 Å². The Morgan fingerprint density at radius 2 is 1.79 bits per heavy atom. The average Bonchev–Trinajstić information content (AvgIpc) is 3.50. The van der Waals surface area contributed by atoms with Crippen LogP contribution in [0.5, 0.6) is 5.75 Å². The highest BCUT2D eigenvalue weighted by atomic mass is 16.5. The minimum absolute atomic E-state index is 0.0660. The first-order chi connectivity index (χ1) is 16.0. The molecule has 3 rings (SSSR count). The molecule has 3 aromatic rings. The molecule has 10 heteroatoms. The first-order valence-electron chi connectivity index (χ1n) is 11.0. The average molecular weight is 456 g/mol. The van der Waals surface area contributed by atoms with E-state index in [-0.39, 0.29) is 24.5 Å². The molecule has 0 radical (unpaired) electrons. The molecule has 176 valence electrons. The van der Waals surface area contributed by atoms with Gasteiger partial charge in [0.1, 0.15) is 11.5 Å². The summed E-state index contributed by atoms with van der Waals surface area (Å²) in [6.45, 7) is 9.02. The quantitative estimate of drug-likeness (QED) is 0.423. The van der Waals surface area contributed by atoms with E-state index in [1.54, 1.807) is 12.1 Å². The highest BCUT2D eigenvalue weighted by Gasteiger charge is 2.15. The molecule has 0 saturated heterocycles. The molecule has 0 spiro atoms. The number of carbonyl (C=O) groups excluding carboxylic acids is 2. The van der Waals surface area contributed by atoms with Crippen LogP contribution in [0.25, 0.3) is 11.4 Å². The Balaban J connectivity index is 1.43. The van der Waals surface area contributed by atoms with Crippen molar-refractivity contribution >= 4 is 11.8 Å². The van der Waals surface area contributed by atoms with E-state index in [1.165, 1.54) is 0 Å². The Bertz CT molecular complexity index is 1040. The number of amides is 2. The maximum atomic E-state index is 12.2. The van der Waals surface area contributed by atoms with Crippen LogP contribution in [0.3, 0.4) is 0 Å². The number of hydrogen-bond acceptors (Lipinski definition) is 8. The van der Waals surface area contributed by atoms with Crippen molar-refractivity contribution in [3.8, 4) is 17.1 Å². The number of rotatable bonds is 11. The lowest BCUT2D eigenvalue weighted by atomic mass is 10.2. The van der Waals surface area contributed by atoms with Gasteiger partial charge in [-0.05, 0) is 56.4 Å². The fraction of sp³-hybridized carbons (Fsp3) is 0.391. The molecular weight excluding hydrogens is 426 g/mol. The third kappa shape index (κ3) is 6.91. The number of carbonyl (C=O) groups is 2. The molecule has 0 aliphatic carbocycles. The third-order valence-corrected chi connectivity index (χ3v) is 4.93. The van der Waals surface area contributed by atoms with Crippen molar-refractivity contribution in [1.29, 1.82) is 0 Å². The predicted octanol–water partition coefficient (Wildman–Crippen LogP) is 2.96. The molecule has 33 heavy (non-hydrogen) atoms. The number of nitrogens with zero attached hydrogens (tertiary/aromatic N) is 3. The van der Waals surface area contributed by atoms with Crippen molar-refractivity contribution in [2.75, 3.05) is 19.7 Å². The van der Waals surface area contributed by atoms with Gasteiger partial charge in [0.15, 0.2) is 5.76 Å². The van der Waals surface area contributed by atoms with Gasteiger partial charge in [-0.3, -0.25) is 25.3 Å². The van der Waals surface area contributed by atoms with Gasteiger partial charge in [-0.25, -0.2) is 0 Å². The number of hydrazine groups is 1. The minimum Gasteiger partial charge on any atom is -0.494 e. The zero-order chi connectivity index (χ0) is 23.6. The summed E-state index contributed by atoms with van der Waals surface area (Å²) in [6, 6.07) is 10.7. The number of aryl methyl sites for hydroxylation is 1. The SMILES string of the molecule is CCOc1ccc(-c2noc(CCC(=O)NNC(=O)c3ccc(CN(CC)CC)o3)n2)cc1. The Hall–Kier alpha value is -3.66. The normalized spacial score (nSPS) is 10.9. The summed E-state index contributed by atoms with van der Waals surface area (Å²) < 4.78 is 16.2. The van der Waals surface area contributed by atoms with Gasteiger partial charge in [-0.2, -0.15) is 4.98 Å². The molecule has 1 aromatic carbocycles. The molecule has 2 amide bonds. The maximum absolute atomic E-state index is 12.2. The Kier molecular flexibility index (Phi) is 8.59. The first-order valence-corrected chi connectivity index (χ1v) is 11.0. The van der Waals surface area contributed by atoms with Crippen molar-refractivity contribution in [2.45, 2.75) is 40.2 Å². The summed E-state index contributed by atoms with van der Waals surface area (Å²) in [6.07, 6.45) is 0.303. The van der Waals surface area contributed by atoms with Crippen molar-refractivity contribution in [2.24, 2.45) is 0 Å². The predicted molar refractivity (Wildman–Crippen MR) is 120 cm³/mol. The monoisotopic (exact) mass is 455 g/mol. The van der Waals surface area contributed by atoms with E-state index in [0.29, 0.717) is 30.6 Å². The van der Waals surface area contributed by atoms with E-state index in [1.807, 2.05) is 31.2 Å². The molecule has 0 saturated carbocycles. The van der Waals surface area contributed by atoms with E-state index in [2.05, 4.69) is 39.7 Å². The maximum Gasteiger partial charge on any atom is 0.305 e. The first kappa shape index (κ1) is 24.0. The van der Waals surface area contributed by atoms with Crippen LogP contribution < -0.4 is 15.6 Å². The van der Waals surface area contributed by atoms with Crippen molar-refractivity contribution in [3.05, 3.63) is 53.8 Å². The number of furan rings is 1. The van der Waals surface area contributed by atoms with E-state index in [4.69, 9.17) is 13.7 Å². The van der Waals surface area contributed by atoms with Gasteiger partial charge < -0.3 is 13.7 Å². The Labute approximate surface area is 192 Å². The van der Waals surface area contributed by atoms with Crippen LogP contribution >= 0.6 is 0 Å². The molecule has 0 atom stereocenters. The number of ether oxygens (including phenoxy) is 1. The second-order valence-electron chi connectivity index (χ2n) is 7.20. The summed E-state index contributed by atoms with van der Waals surface area (Å²) >= 11 is 0. The van der Waals surface area contributed by atoms with Crippen molar-refractivity contribution in [1.82, 2.24) is 25.9 Å². The summed E-state index contributed by atoms with van der Waals surface area (Å²) in [5.41, 5.74) is 5.50. The van der Waals surface area contributed by atoms with Crippen LogP contribution in [0.1, 0.15) is 49.4 Å². The number of aromatic nitrogens is 2. The summed E-state index contributed by atoms with van der Waals surface area (Å²) in [5.74, 6) is 1.43. The lowest BCUT2D eigenvalue weighted by molar-refractivity contribution is -0.121. The summed E-state index contributed by atoms with van der Waals surface area (Å²) in [5, 5.41) is 3.94. The molecule has 0 aliphatic heterocycles. The zero-order valence-corrected chi connectivity index (χ0v) is 19.1. The van der Waals surface area contributed by atoms with Crippen LogP contribution in [0.2, 0.25) is 0 Å². The van der Waals surface area contributed by atoms with Gasteiger partial charge in [0, 0.05) is 18.4 Å². The van der Waals surface area contributed by atoms with E-state index in [0.717, 1.165) is 24.4 Å². The highest BCUT2D eigenvalue weighted by Crippen LogP contribution is 2.20. The number of nitrogens with one attached hydrogen (secondary N) is 2. The second kappa shape index (κ2) is 11.8. The molecule has 2 aromatic heterocycles. The largest absolute Gasteiger partial charge is 0.494 e. The number of hydrogen-bond donors (Lipinski definition) is 2. The Morgan fingerprint density at radius 3 is 2.48 bits per heavy atom. The second-order valence-corrected chi connectivity index (χ2v) is 7.20. The number of benzene rings is 1. The molecular formula is C23H29N5O5. The fourth-order valence-corrected chi connectivity index (χ4v) is 3.06. The molecule has 0 bridgehead atoms. The molecule has 2 heterocycles. The zero-order valence-electron chi connectivity index (χ0n) is 19.1. The molecule has 10 nitrogen and oxygen atoms in total. The molecule has 0 unspecified atom stereocenters. The van der Waals surface area contributed by atoms with Crippen LogP contribution in [-0.4, -0.2) is 46.6 Å². The molecule has 0 fully saturated rings. The topological polar surface area (TPSA) is 123 Å². The van der Waals surface area contributed by atoms with Gasteiger partial charge in [0.25, 0.3) is 0 Å². The Morgan fingerprint density at radius 1 is 1.03 bits per heavy atom. The van der Waals surface area contributed by atoms with Crippen molar-refractivity contribution < 1.29 is 23.3 Å².